The first-order valence-electron chi connectivity index (χ1n) is 7.68. The molecule has 0 bridgehead atoms. The number of halogens is 1. The molecule has 0 radical (unpaired) electrons. The maximum atomic E-state index is 5.96. The van der Waals surface area contributed by atoms with E-state index in [1.165, 1.54) is 5.56 Å². The molecule has 2 rings (SSSR count). The molecule has 0 saturated carbocycles. The van der Waals surface area contributed by atoms with Crippen molar-refractivity contribution >= 4 is 15.9 Å². The molecule has 0 aliphatic carbocycles. The number of hydrogen-bond acceptors (Lipinski definition) is 3. The summed E-state index contributed by atoms with van der Waals surface area (Å²) in [4.78, 5) is 0. The summed E-state index contributed by atoms with van der Waals surface area (Å²) in [6, 6.07) is 6.62. The number of ether oxygens (including phenoxy) is 2. The molecule has 1 aromatic carbocycles. The smallest absolute Gasteiger partial charge is 0.119 e. The van der Waals surface area contributed by atoms with Gasteiger partial charge in [0.25, 0.3) is 0 Å². The molecular weight excluding hydrogens is 330 g/mol. The summed E-state index contributed by atoms with van der Waals surface area (Å²) < 4.78 is 13.0. The minimum atomic E-state index is 0.0000867. The van der Waals surface area contributed by atoms with Crippen molar-refractivity contribution in [3.63, 3.8) is 0 Å². The highest BCUT2D eigenvalue weighted by Crippen LogP contribution is 2.30. The van der Waals surface area contributed by atoms with E-state index in [0.717, 1.165) is 29.6 Å². The van der Waals surface area contributed by atoms with Gasteiger partial charge in [0.1, 0.15) is 12.4 Å². The van der Waals surface area contributed by atoms with E-state index in [4.69, 9.17) is 9.47 Å². The zero-order chi connectivity index (χ0) is 15.5. The van der Waals surface area contributed by atoms with Crippen LogP contribution in [-0.4, -0.2) is 24.4 Å². The molecule has 1 saturated heterocycles. The van der Waals surface area contributed by atoms with Crippen molar-refractivity contribution in [1.29, 1.82) is 0 Å². The van der Waals surface area contributed by atoms with Gasteiger partial charge in [-0.1, -0.05) is 29.8 Å². The van der Waals surface area contributed by atoms with Crippen LogP contribution in [0.2, 0.25) is 0 Å². The molecule has 1 aromatic rings. The van der Waals surface area contributed by atoms with Crippen LogP contribution >= 0.6 is 15.9 Å². The molecule has 1 aliphatic heterocycles. The first-order chi connectivity index (χ1) is 9.85. The topological polar surface area (TPSA) is 30.5 Å². The lowest BCUT2D eigenvalue weighted by atomic mass is 10.1. The van der Waals surface area contributed by atoms with Crippen LogP contribution < -0.4 is 10.1 Å². The van der Waals surface area contributed by atoms with Crippen molar-refractivity contribution in [2.45, 2.75) is 64.8 Å². The molecule has 0 amide bonds. The van der Waals surface area contributed by atoms with E-state index in [2.05, 4.69) is 55.0 Å². The first kappa shape index (κ1) is 16.8. The van der Waals surface area contributed by atoms with Gasteiger partial charge in [-0.15, -0.1) is 0 Å². The van der Waals surface area contributed by atoms with Crippen molar-refractivity contribution in [2.75, 3.05) is 6.61 Å². The zero-order valence-electron chi connectivity index (χ0n) is 13.4. The van der Waals surface area contributed by atoms with Gasteiger partial charge in [-0.25, -0.2) is 0 Å². The number of nitrogens with one attached hydrogen (secondary N) is 1. The number of benzene rings is 1. The lowest BCUT2D eigenvalue weighted by molar-refractivity contribution is -0.0326. The molecular formula is C17H26BrNO2. The molecule has 1 fully saturated rings. The van der Waals surface area contributed by atoms with Crippen LogP contribution in [0.3, 0.4) is 0 Å². The third kappa shape index (κ3) is 5.28. The summed E-state index contributed by atoms with van der Waals surface area (Å²) in [5, 5.41) is 3.43. The van der Waals surface area contributed by atoms with Crippen LogP contribution in [-0.2, 0) is 11.3 Å². The Morgan fingerprint density at radius 2 is 2.19 bits per heavy atom. The monoisotopic (exact) mass is 355 g/mol. The maximum absolute atomic E-state index is 5.96. The summed E-state index contributed by atoms with van der Waals surface area (Å²) in [6.45, 7) is 10.0. The lowest BCUT2D eigenvalue weighted by Gasteiger charge is -2.19. The van der Waals surface area contributed by atoms with E-state index in [9.17, 15) is 0 Å². The minimum absolute atomic E-state index is 0.0000867. The summed E-state index contributed by atoms with van der Waals surface area (Å²) in [5.74, 6) is 0.909. The van der Waals surface area contributed by atoms with Gasteiger partial charge in [0, 0.05) is 17.1 Å². The number of hydrogen-bond donors (Lipinski definition) is 1. The van der Waals surface area contributed by atoms with Gasteiger partial charge in [0.05, 0.1) is 11.7 Å². The summed E-state index contributed by atoms with van der Waals surface area (Å²) in [5.41, 5.74) is 1.22. The van der Waals surface area contributed by atoms with E-state index >= 15 is 0 Å². The Labute approximate surface area is 136 Å². The second-order valence-corrected chi connectivity index (χ2v) is 7.49. The van der Waals surface area contributed by atoms with Crippen molar-refractivity contribution in [1.82, 2.24) is 5.32 Å². The summed E-state index contributed by atoms with van der Waals surface area (Å²) in [7, 11) is 0. The molecule has 3 nitrogen and oxygen atoms in total. The number of rotatable bonds is 6. The van der Waals surface area contributed by atoms with Gasteiger partial charge in [0.2, 0.25) is 0 Å². The Bertz CT molecular complexity index is 474. The summed E-state index contributed by atoms with van der Waals surface area (Å²) in [6.07, 6.45) is 2.39. The molecule has 1 unspecified atom stereocenters. The van der Waals surface area contributed by atoms with Crippen LogP contribution in [0.1, 0.15) is 46.1 Å². The average molecular weight is 356 g/mol. The van der Waals surface area contributed by atoms with E-state index < -0.39 is 0 Å². The summed E-state index contributed by atoms with van der Waals surface area (Å²) >= 11 is 3.59. The Morgan fingerprint density at radius 1 is 1.43 bits per heavy atom. The van der Waals surface area contributed by atoms with Gasteiger partial charge < -0.3 is 14.8 Å². The molecule has 1 aliphatic rings. The highest BCUT2D eigenvalue weighted by atomic mass is 79.9. The maximum Gasteiger partial charge on any atom is 0.119 e. The molecule has 0 spiro atoms. The van der Waals surface area contributed by atoms with Crippen LogP contribution in [0.15, 0.2) is 22.7 Å². The Kier molecular flexibility index (Phi) is 5.69. The van der Waals surface area contributed by atoms with Crippen molar-refractivity contribution in [3.8, 4) is 5.75 Å². The third-order valence-electron chi connectivity index (χ3n) is 3.71. The first-order valence-corrected chi connectivity index (χ1v) is 8.47. The van der Waals surface area contributed by atoms with Gasteiger partial charge in [-0.2, -0.15) is 0 Å². The third-order valence-corrected chi connectivity index (χ3v) is 4.48. The van der Waals surface area contributed by atoms with Crippen LogP contribution in [0, 0.1) is 0 Å². The average Bonchev–Trinajstić information content (AvgIpc) is 2.76. The van der Waals surface area contributed by atoms with Crippen molar-refractivity contribution < 1.29 is 9.47 Å². The molecule has 1 heterocycles. The molecule has 4 heteroatoms. The van der Waals surface area contributed by atoms with Gasteiger partial charge in [-0.05, 0) is 50.5 Å². The fourth-order valence-electron chi connectivity index (χ4n) is 2.47. The Balaban J connectivity index is 1.90. The van der Waals surface area contributed by atoms with Crippen LogP contribution in [0.5, 0.6) is 5.75 Å². The second kappa shape index (κ2) is 7.12. The van der Waals surface area contributed by atoms with E-state index in [0.29, 0.717) is 12.6 Å². The lowest BCUT2D eigenvalue weighted by Crippen LogP contribution is -2.24. The van der Waals surface area contributed by atoms with Crippen molar-refractivity contribution in [3.05, 3.63) is 28.2 Å². The second-order valence-electron chi connectivity index (χ2n) is 6.64. The minimum Gasteiger partial charge on any atom is -0.491 e. The highest BCUT2D eigenvalue weighted by Gasteiger charge is 2.31. The molecule has 21 heavy (non-hydrogen) atoms. The van der Waals surface area contributed by atoms with Crippen LogP contribution in [0.4, 0.5) is 0 Å². The van der Waals surface area contributed by atoms with E-state index in [1.54, 1.807) is 0 Å². The van der Waals surface area contributed by atoms with Crippen LogP contribution in [0.25, 0.3) is 0 Å². The largest absolute Gasteiger partial charge is 0.491 e. The van der Waals surface area contributed by atoms with Gasteiger partial charge >= 0.3 is 0 Å². The predicted octanol–water partition coefficient (Wildman–Crippen LogP) is 4.28. The van der Waals surface area contributed by atoms with Crippen molar-refractivity contribution in [2.24, 2.45) is 0 Å². The Morgan fingerprint density at radius 3 is 2.81 bits per heavy atom. The Hall–Kier alpha value is -0.580. The fraction of sp³-hybridized carbons (Fsp3) is 0.647. The zero-order valence-corrected chi connectivity index (χ0v) is 15.0. The predicted molar refractivity (Wildman–Crippen MR) is 89.8 cm³/mol. The standard InChI is InChI=1S/C17H26BrNO2/c1-12(2)19-10-13-9-14(5-6-16(13)18)20-11-15-7-8-17(3,4)21-15/h5-6,9,12,15,19H,7-8,10-11H2,1-4H3. The fourth-order valence-corrected chi connectivity index (χ4v) is 2.86. The molecule has 118 valence electrons. The highest BCUT2D eigenvalue weighted by molar-refractivity contribution is 9.10. The SMILES string of the molecule is CC(C)NCc1cc(OCC2CCC(C)(C)O2)ccc1Br. The molecule has 1 atom stereocenters. The molecule has 0 aromatic heterocycles. The quantitative estimate of drug-likeness (QED) is 0.825. The molecule has 1 N–H and O–H groups in total. The van der Waals surface area contributed by atoms with E-state index in [-0.39, 0.29) is 11.7 Å². The normalized spacial score (nSPS) is 21.0. The van der Waals surface area contributed by atoms with E-state index in [1.807, 2.05) is 12.1 Å². The van der Waals surface area contributed by atoms with Gasteiger partial charge in [-0.3, -0.25) is 0 Å². The van der Waals surface area contributed by atoms with Gasteiger partial charge in [0.15, 0.2) is 0 Å².